The summed E-state index contributed by atoms with van der Waals surface area (Å²) in [6.45, 7) is 1.48. The summed E-state index contributed by atoms with van der Waals surface area (Å²) in [6.07, 6.45) is 0.993. The van der Waals surface area contributed by atoms with Gasteiger partial charge in [-0.25, -0.2) is 8.42 Å². The van der Waals surface area contributed by atoms with Gasteiger partial charge < -0.3 is 9.80 Å². The highest BCUT2D eigenvalue weighted by Crippen LogP contribution is 2.32. The van der Waals surface area contributed by atoms with Gasteiger partial charge in [-0.05, 0) is 30.3 Å². The molecule has 0 aliphatic carbocycles. The van der Waals surface area contributed by atoms with E-state index in [9.17, 15) is 23.3 Å². The number of nitrogens with one attached hydrogen (secondary N) is 1. The molecule has 1 fully saturated rings. The first-order valence-corrected chi connectivity index (χ1v) is 11.5. The van der Waals surface area contributed by atoms with Crippen molar-refractivity contribution in [3.05, 3.63) is 62.1 Å². The number of nitro groups is 1. The molecule has 1 aliphatic rings. The number of amides is 1. The Hall–Kier alpha value is -2.56. The molecule has 0 radical (unpaired) electrons. The molecule has 0 bridgehead atoms. The van der Waals surface area contributed by atoms with Crippen molar-refractivity contribution >= 4 is 56.2 Å². The number of hydrogen-bond acceptors (Lipinski definition) is 6. The van der Waals surface area contributed by atoms with Gasteiger partial charge in [0.15, 0.2) is 0 Å². The van der Waals surface area contributed by atoms with E-state index in [1.54, 1.807) is 17.0 Å². The van der Waals surface area contributed by atoms with E-state index in [0.29, 0.717) is 31.9 Å². The molecule has 2 aromatic rings. The fourth-order valence-electron chi connectivity index (χ4n) is 3.18. The normalized spacial score (nSPS) is 14.5. The average Bonchev–Trinajstić information content (AvgIpc) is 2.68. The lowest BCUT2D eigenvalue weighted by Gasteiger charge is -2.36. The lowest BCUT2D eigenvalue weighted by Crippen LogP contribution is -2.49. The summed E-state index contributed by atoms with van der Waals surface area (Å²) >= 11 is 11.9. The Kier molecular flexibility index (Phi) is 6.39. The first kappa shape index (κ1) is 22.1. The number of carbonyl (C=O) groups excluding carboxylic acids is 1. The molecule has 30 heavy (non-hydrogen) atoms. The minimum absolute atomic E-state index is 0.0866. The van der Waals surface area contributed by atoms with Gasteiger partial charge in [-0.15, -0.1) is 0 Å². The second-order valence-corrected chi connectivity index (χ2v) is 9.33. The molecule has 160 valence electrons. The maximum absolute atomic E-state index is 12.9. The van der Waals surface area contributed by atoms with Crippen molar-refractivity contribution in [1.29, 1.82) is 0 Å². The molecule has 0 saturated carbocycles. The van der Waals surface area contributed by atoms with Crippen molar-refractivity contribution in [3.8, 4) is 0 Å². The highest BCUT2D eigenvalue weighted by atomic mass is 35.5. The molecule has 12 heteroatoms. The summed E-state index contributed by atoms with van der Waals surface area (Å²) in [7, 11) is -3.55. The Morgan fingerprint density at radius 3 is 2.37 bits per heavy atom. The maximum Gasteiger partial charge on any atom is 0.294 e. The van der Waals surface area contributed by atoms with E-state index in [4.69, 9.17) is 23.2 Å². The number of hydrogen-bond donors (Lipinski definition) is 1. The van der Waals surface area contributed by atoms with E-state index >= 15 is 0 Å². The van der Waals surface area contributed by atoms with E-state index in [2.05, 4.69) is 4.72 Å². The van der Waals surface area contributed by atoms with Crippen LogP contribution in [0.3, 0.4) is 0 Å². The number of anilines is 2. The fourth-order valence-corrected chi connectivity index (χ4v) is 4.14. The van der Waals surface area contributed by atoms with Crippen LogP contribution in [0.15, 0.2) is 36.4 Å². The van der Waals surface area contributed by atoms with E-state index in [0.717, 1.165) is 6.26 Å². The summed E-state index contributed by atoms with van der Waals surface area (Å²) in [5.41, 5.74) is 0.774. The lowest BCUT2D eigenvalue weighted by atomic mass is 10.1. The van der Waals surface area contributed by atoms with Gasteiger partial charge in [-0.3, -0.25) is 19.6 Å². The van der Waals surface area contributed by atoms with Gasteiger partial charge >= 0.3 is 0 Å². The van der Waals surface area contributed by atoms with Gasteiger partial charge in [-0.2, -0.15) is 0 Å². The first-order chi connectivity index (χ1) is 14.0. The molecule has 1 aliphatic heterocycles. The van der Waals surface area contributed by atoms with Crippen LogP contribution in [-0.4, -0.2) is 56.6 Å². The average molecular weight is 473 g/mol. The lowest BCUT2D eigenvalue weighted by molar-refractivity contribution is -0.384. The van der Waals surface area contributed by atoms with Crippen molar-refractivity contribution in [3.63, 3.8) is 0 Å². The number of carbonyl (C=O) groups is 1. The van der Waals surface area contributed by atoms with Crippen LogP contribution in [0.5, 0.6) is 0 Å². The molecule has 1 heterocycles. The standard InChI is InChI=1S/C18H18Cl2N4O5S/c1-30(28,29)21-15-10-12(2-4-14(15)20)18(25)23-8-6-22(7-9-23)16-5-3-13(19)11-17(16)24(26)27/h2-5,10-11,21H,6-9H2,1H3. The topological polar surface area (TPSA) is 113 Å². The number of nitro benzene ring substituents is 1. The van der Waals surface area contributed by atoms with Crippen LogP contribution in [-0.2, 0) is 10.0 Å². The van der Waals surface area contributed by atoms with Crippen molar-refractivity contribution in [2.45, 2.75) is 0 Å². The molecule has 0 unspecified atom stereocenters. The molecule has 0 atom stereocenters. The third-order valence-corrected chi connectivity index (χ3v) is 5.71. The summed E-state index contributed by atoms with van der Waals surface area (Å²) in [4.78, 5) is 27.1. The zero-order chi connectivity index (χ0) is 22.1. The Morgan fingerprint density at radius 2 is 1.77 bits per heavy atom. The Labute approximate surface area is 183 Å². The molecule has 0 aromatic heterocycles. The first-order valence-electron chi connectivity index (χ1n) is 8.80. The highest BCUT2D eigenvalue weighted by molar-refractivity contribution is 7.92. The molecule has 9 nitrogen and oxygen atoms in total. The van der Waals surface area contributed by atoms with Gasteiger partial charge in [0.1, 0.15) is 5.69 Å². The third-order valence-electron chi connectivity index (χ3n) is 4.55. The molecule has 1 N–H and O–H groups in total. The molecular weight excluding hydrogens is 455 g/mol. The van der Waals surface area contributed by atoms with Crippen molar-refractivity contribution < 1.29 is 18.1 Å². The Balaban J connectivity index is 1.74. The predicted octanol–water partition coefficient (Wildman–Crippen LogP) is 3.24. The second-order valence-electron chi connectivity index (χ2n) is 6.74. The number of halogens is 2. The smallest absolute Gasteiger partial charge is 0.294 e. The zero-order valence-electron chi connectivity index (χ0n) is 15.8. The van der Waals surface area contributed by atoms with Crippen molar-refractivity contribution in [2.24, 2.45) is 0 Å². The number of benzene rings is 2. The van der Waals surface area contributed by atoms with Crippen LogP contribution in [0.2, 0.25) is 10.0 Å². The second kappa shape index (κ2) is 8.66. The van der Waals surface area contributed by atoms with Crippen LogP contribution < -0.4 is 9.62 Å². The predicted molar refractivity (Wildman–Crippen MR) is 116 cm³/mol. The van der Waals surface area contributed by atoms with E-state index in [1.165, 1.54) is 24.3 Å². The molecule has 1 amide bonds. The number of nitrogens with zero attached hydrogens (tertiary/aromatic N) is 3. The summed E-state index contributed by atoms with van der Waals surface area (Å²) in [5, 5.41) is 11.8. The molecule has 2 aromatic carbocycles. The van der Waals surface area contributed by atoms with Gasteiger partial charge in [-0.1, -0.05) is 23.2 Å². The van der Waals surface area contributed by atoms with Crippen molar-refractivity contribution in [2.75, 3.05) is 42.1 Å². The SMILES string of the molecule is CS(=O)(=O)Nc1cc(C(=O)N2CCN(c3ccc(Cl)cc3[N+](=O)[O-])CC2)ccc1Cl. The number of sulfonamides is 1. The maximum atomic E-state index is 12.9. The summed E-state index contributed by atoms with van der Waals surface area (Å²) in [5.74, 6) is -0.284. The Bertz CT molecular complexity index is 1100. The molecule has 0 spiro atoms. The van der Waals surface area contributed by atoms with E-state index in [1.807, 2.05) is 4.90 Å². The van der Waals surface area contributed by atoms with Crippen LogP contribution in [0.1, 0.15) is 10.4 Å². The van der Waals surface area contributed by atoms with Crippen LogP contribution >= 0.6 is 23.2 Å². The van der Waals surface area contributed by atoms with E-state index < -0.39 is 14.9 Å². The third kappa shape index (κ3) is 5.13. The number of rotatable bonds is 5. The van der Waals surface area contributed by atoms with Gasteiger partial charge in [0, 0.05) is 42.8 Å². The van der Waals surface area contributed by atoms with Crippen LogP contribution in [0, 0.1) is 10.1 Å². The molecule has 3 rings (SSSR count). The quantitative estimate of drug-likeness (QED) is 0.527. The van der Waals surface area contributed by atoms with E-state index in [-0.39, 0.29) is 32.9 Å². The number of piperazine rings is 1. The highest BCUT2D eigenvalue weighted by Gasteiger charge is 2.27. The van der Waals surface area contributed by atoms with Gasteiger partial charge in [0.2, 0.25) is 10.0 Å². The Morgan fingerprint density at radius 1 is 1.10 bits per heavy atom. The van der Waals surface area contributed by atoms with Crippen LogP contribution in [0.4, 0.5) is 17.1 Å². The minimum atomic E-state index is -3.55. The zero-order valence-corrected chi connectivity index (χ0v) is 18.2. The largest absolute Gasteiger partial charge is 0.362 e. The molecule has 1 saturated heterocycles. The fraction of sp³-hybridized carbons (Fsp3) is 0.278. The van der Waals surface area contributed by atoms with Crippen molar-refractivity contribution in [1.82, 2.24) is 4.90 Å². The summed E-state index contributed by atoms with van der Waals surface area (Å²) < 4.78 is 25.2. The van der Waals surface area contributed by atoms with Gasteiger partial charge in [0.25, 0.3) is 11.6 Å². The van der Waals surface area contributed by atoms with Crippen LogP contribution in [0.25, 0.3) is 0 Å². The minimum Gasteiger partial charge on any atom is -0.362 e. The molecular formula is C18H18Cl2N4O5S. The monoisotopic (exact) mass is 472 g/mol. The summed E-state index contributed by atoms with van der Waals surface area (Å²) in [6, 6.07) is 8.86. The van der Waals surface area contributed by atoms with Gasteiger partial charge in [0.05, 0.1) is 21.9 Å².